The number of amides is 1. The van der Waals surface area contributed by atoms with Gasteiger partial charge in [0.2, 0.25) is 0 Å². The van der Waals surface area contributed by atoms with Crippen molar-refractivity contribution >= 4 is 40.5 Å². The van der Waals surface area contributed by atoms with Gasteiger partial charge < -0.3 is 19.5 Å². The molecule has 1 aliphatic carbocycles. The van der Waals surface area contributed by atoms with Crippen LogP contribution < -0.4 is 10.1 Å². The van der Waals surface area contributed by atoms with Gasteiger partial charge in [-0.2, -0.15) is 0 Å². The van der Waals surface area contributed by atoms with E-state index in [-0.39, 0.29) is 6.61 Å². The average molecular weight is 474 g/mol. The van der Waals surface area contributed by atoms with E-state index >= 15 is 0 Å². The van der Waals surface area contributed by atoms with Crippen LogP contribution in [0.3, 0.4) is 0 Å². The van der Waals surface area contributed by atoms with Gasteiger partial charge in [-0.15, -0.1) is 11.3 Å². The molecule has 1 heterocycles. The lowest BCUT2D eigenvalue weighted by Gasteiger charge is -2.18. The quantitative estimate of drug-likeness (QED) is 0.436. The third-order valence-electron chi connectivity index (χ3n) is 5.28. The number of esters is 2. The Balaban J connectivity index is 1.62. The van der Waals surface area contributed by atoms with Gasteiger partial charge in [0.25, 0.3) is 5.91 Å². The molecule has 0 saturated carbocycles. The Bertz CT molecular complexity index is 1030. The summed E-state index contributed by atoms with van der Waals surface area (Å²) in [7, 11) is 0. The second-order valence-corrected chi connectivity index (χ2v) is 8.98. The first kappa shape index (κ1) is 24.4. The van der Waals surface area contributed by atoms with Crippen molar-refractivity contribution < 1.29 is 33.4 Å². The number of thiophene rings is 1. The zero-order valence-electron chi connectivity index (χ0n) is 18.8. The molecule has 2 aromatic rings. The number of hydrogen-bond acceptors (Lipinski definition) is 8. The summed E-state index contributed by atoms with van der Waals surface area (Å²) in [6, 6.07) is 6.24. The number of rotatable bonds is 9. The van der Waals surface area contributed by atoms with Crippen LogP contribution in [0.2, 0.25) is 0 Å². The van der Waals surface area contributed by atoms with Crippen molar-refractivity contribution in [1.82, 2.24) is 0 Å². The largest absolute Gasteiger partial charge is 0.482 e. The normalized spacial score (nSPS) is 15.7. The molecule has 2 atom stereocenters. The lowest BCUT2D eigenvalue weighted by Crippen LogP contribution is -2.32. The van der Waals surface area contributed by atoms with Crippen molar-refractivity contribution in [2.45, 2.75) is 46.1 Å². The molecule has 1 aliphatic rings. The van der Waals surface area contributed by atoms with Crippen molar-refractivity contribution in [1.29, 1.82) is 0 Å². The highest BCUT2D eigenvalue weighted by molar-refractivity contribution is 7.17. The molecule has 0 fully saturated rings. The van der Waals surface area contributed by atoms with E-state index in [2.05, 4.69) is 12.2 Å². The van der Waals surface area contributed by atoms with E-state index in [0.717, 1.165) is 29.7 Å². The first-order valence-corrected chi connectivity index (χ1v) is 11.6. The summed E-state index contributed by atoms with van der Waals surface area (Å²) in [6.45, 7) is 5.19. The van der Waals surface area contributed by atoms with Gasteiger partial charge >= 0.3 is 11.9 Å². The smallest absolute Gasteiger partial charge is 0.344 e. The van der Waals surface area contributed by atoms with Crippen molar-refractivity contribution in [3.05, 3.63) is 45.8 Å². The van der Waals surface area contributed by atoms with E-state index in [1.165, 1.54) is 18.3 Å². The van der Waals surface area contributed by atoms with Crippen molar-refractivity contribution in [3.63, 3.8) is 0 Å². The molecule has 1 aromatic carbocycles. The number of carbonyl (C=O) groups excluding carboxylic acids is 4. The number of hydrogen-bond donors (Lipinski definition) is 1. The maximum Gasteiger partial charge on any atom is 0.344 e. The summed E-state index contributed by atoms with van der Waals surface area (Å²) in [5, 5.41) is 3.16. The molecular weight excluding hydrogens is 446 g/mol. The topological polar surface area (TPSA) is 108 Å². The molecule has 8 nitrogen and oxygen atoms in total. The Hall–Kier alpha value is -3.20. The number of nitrogens with one attached hydrogen (secondary N) is 1. The number of anilines is 1. The van der Waals surface area contributed by atoms with Crippen molar-refractivity contribution in [2.75, 3.05) is 18.5 Å². The molecule has 0 radical (unpaired) electrons. The zero-order chi connectivity index (χ0) is 24.0. The van der Waals surface area contributed by atoms with Crippen LogP contribution in [0.25, 0.3) is 0 Å². The molecule has 1 aromatic heterocycles. The van der Waals surface area contributed by atoms with Crippen LogP contribution in [-0.2, 0) is 31.9 Å². The fourth-order valence-corrected chi connectivity index (χ4v) is 4.94. The van der Waals surface area contributed by atoms with Gasteiger partial charge in [-0.25, -0.2) is 9.59 Å². The van der Waals surface area contributed by atoms with Gasteiger partial charge in [-0.05, 0) is 68.9 Å². The highest BCUT2D eigenvalue weighted by Crippen LogP contribution is 2.40. The maximum atomic E-state index is 12.7. The van der Waals surface area contributed by atoms with Crippen LogP contribution in [-0.4, -0.2) is 43.4 Å². The first-order chi connectivity index (χ1) is 15.8. The maximum absolute atomic E-state index is 12.7. The van der Waals surface area contributed by atoms with E-state index in [0.29, 0.717) is 34.1 Å². The minimum absolute atomic E-state index is 0.235. The second-order valence-electron chi connectivity index (χ2n) is 7.87. The Morgan fingerprint density at radius 2 is 1.97 bits per heavy atom. The van der Waals surface area contributed by atoms with Gasteiger partial charge in [-0.3, -0.25) is 9.59 Å². The van der Waals surface area contributed by atoms with Crippen LogP contribution in [0.5, 0.6) is 5.75 Å². The van der Waals surface area contributed by atoms with Gasteiger partial charge in [0.15, 0.2) is 12.7 Å². The highest BCUT2D eigenvalue weighted by Gasteiger charge is 2.30. The molecule has 1 amide bonds. The fourth-order valence-electron chi connectivity index (χ4n) is 3.54. The first-order valence-electron chi connectivity index (χ1n) is 10.8. The van der Waals surface area contributed by atoms with E-state index in [4.69, 9.17) is 14.2 Å². The van der Waals surface area contributed by atoms with Gasteiger partial charge in [0.1, 0.15) is 17.0 Å². The van der Waals surface area contributed by atoms with Gasteiger partial charge in [0.05, 0.1) is 12.2 Å². The monoisotopic (exact) mass is 473 g/mol. The minimum atomic E-state index is -1.09. The average Bonchev–Trinajstić information content (AvgIpc) is 3.14. The molecule has 2 unspecified atom stereocenters. The van der Waals surface area contributed by atoms with E-state index in [1.54, 1.807) is 31.2 Å². The number of ether oxygens (including phenoxy) is 3. The van der Waals surface area contributed by atoms with Crippen molar-refractivity contribution in [3.8, 4) is 5.75 Å². The van der Waals surface area contributed by atoms with Crippen LogP contribution in [0.4, 0.5) is 5.00 Å². The fraction of sp³-hybridized carbons (Fsp3) is 0.417. The Kier molecular flexibility index (Phi) is 8.21. The lowest BCUT2D eigenvalue weighted by molar-refractivity contribution is -0.155. The molecule has 0 saturated heterocycles. The molecule has 3 rings (SSSR count). The standard InChI is InChI=1S/C24H27NO7S/c1-4-30-24(29)21-18-10-5-14(2)11-19(18)33-23(21)25-22(28)15(3)32-20(27)13-31-17-8-6-16(12-26)7-9-17/h6-9,12,14-15H,4-5,10-11,13H2,1-3H3,(H,25,28). The predicted octanol–water partition coefficient (Wildman–Crippen LogP) is 3.81. The molecule has 0 bridgehead atoms. The summed E-state index contributed by atoms with van der Waals surface area (Å²) in [4.78, 5) is 49.1. The third kappa shape index (κ3) is 6.19. The summed E-state index contributed by atoms with van der Waals surface area (Å²) in [5.41, 5.74) is 1.82. The number of benzene rings is 1. The Morgan fingerprint density at radius 1 is 1.24 bits per heavy atom. The van der Waals surface area contributed by atoms with Gasteiger partial charge in [-0.1, -0.05) is 6.92 Å². The SMILES string of the molecule is CCOC(=O)c1c(NC(=O)C(C)OC(=O)COc2ccc(C=O)cc2)sc2c1CCC(C)C2. The van der Waals surface area contributed by atoms with Crippen LogP contribution in [0.15, 0.2) is 24.3 Å². The second kappa shape index (κ2) is 11.1. The molecular formula is C24H27NO7S. The molecule has 1 N–H and O–H groups in total. The summed E-state index contributed by atoms with van der Waals surface area (Å²) in [5.74, 6) is -0.826. The number of aldehydes is 1. The minimum Gasteiger partial charge on any atom is -0.482 e. The molecule has 33 heavy (non-hydrogen) atoms. The Morgan fingerprint density at radius 3 is 2.64 bits per heavy atom. The Labute approximate surface area is 196 Å². The van der Waals surface area contributed by atoms with Crippen LogP contribution >= 0.6 is 11.3 Å². The van der Waals surface area contributed by atoms with Crippen molar-refractivity contribution in [2.24, 2.45) is 5.92 Å². The summed E-state index contributed by atoms with van der Waals surface area (Å²) in [6.07, 6.45) is 2.18. The molecule has 9 heteroatoms. The highest BCUT2D eigenvalue weighted by atomic mass is 32.1. The summed E-state index contributed by atoms with van der Waals surface area (Å²) < 4.78 is 15.7. The molecule has 0 spiro atoms. The van der Waals surface area contributed by atoms with Gasteiger partial charge in [0, 0.05) is 10.4 Å². The number of fused-ring (bicyclic) bond motifs is 1. The molecule has 176 valence electrons. The predicted molar refractivity (Wildman–Crippen MR) is 123 cm³/mol. The van der Waals surface area contributed by atoms with Crippen LogP contribution in [0.1, 0.15) is 58.3 Å². The lowest BCUT2D eigenvalue weighted by atomic mass is 9.88. The van der Waals surface area contributed by atoms with E-state index in [1.807, 2.05) is 0 Å². The number of carbonyl (C=O) groups is 4. The van der Waals surface area contributed by atoms with E-state index in [9.17, 15) is 19.2 Å². The third-order valence-corrected chi connectivity index (χ3v) is 6.45. The van der Waals surface area contributed by atoms with E-state index < -0.39 is 30.6 Å². The molecule has 0 aliphatic heterocycles. The van der Waals surface area contributed by atoms with Crippen LogP contribution in [0, 0.1) is 5.92 Å². The zero-order valence-corrected chi connectivity index (χ0v) is 19.7. The summed E-state index contributed by atoms with van der Waals surface area (Å²) >= 11 is 1.37.